The van der Waals surface area contributed by atoms with Gasteiger partial charge in [0.25, 0.3) is 0 Å². The first kappa shape index (κ1) is 9.03. The van der Waals surface area contributed by atoms with Gasteiger partial charge in [0.1, 0.15) is 0 Å². The van der Waals surface area contributed by atoms with Gasteiger partial charge in [-0.05, 0) is 26.7 Å². The van der Waals surface area contributed by atoms with Crippen LogP contribution in [0.5, 0.6) is 0 Å². The van der Waals surface area contributed by atoms with E-state index in [4.69, 9.17) is 9.84 Å². The molecule has 68 valence electrons. The smallest absolute Gasteiger partial charge is 0.323 e. The number of hydrogen-bond acceptors (Lipinski definition) is 3. The van der Waals surface area contributed by atoms with Crippen LogP contribution in [0.4, 0.5) is 0 Å². The minimum absolute atomic E-state index is 0.241. The highest BCUT2D eigenvalue weighted by molar-refractivity contribution is 6.02. The van der Waals surface area contributed by atoms with E-state index in [1.165, 1.54) is 0 Å². The second-order valence-corrected chi connectivity index (χ2v) is 3.34. The molecule has 0 amide bonds. The minimum Gasteiger partial charge on any atom is -0.480 e. The SMILES string of the molecule is CC(C)OC(=O)C1(C(=O)O)CC1. The summed E-state index contributed by atoms with van der Waals surface area (Å²) in [5, 5.41) is 8.69. The lowest BCUT2D eigenvalue weighted by atomic mass is 10.1. The van der Waals surface area contributed by atoms with Crippen LogP contribution < -0.4 is 0 Å². The van der Waals surface area contributed by atoms with E-state index in [9.17, 15) is 9.59 Å². The van der Waals surface area contributed by atoms with Crippen LogP contribution in [0, 0.1) is 5.41 Å². The van der Waals surface area contributed by atoms with Gasteiger partial charge in [-0.1, -0.05) is 0 Å². The molecule has 0 atom stereocenters. The highest BCUT2D eigenvalue weighted by atomic mass is 16.5. The molecule has 4 heteroatoms. The molecule has 0 aromatic heterocycles. The van der Waals surface area contributed by atoms with Gasteiger partial charge >= 0.3 is 11.9 Å². The van der Waals surface area contributed by atoms with Crippen molar-refractivity contribution in [2.75, 3.05) is 0 Å². The maximum atomic E-state index is 11.2. The van der Waals surface area contributed by atoms with Crippen molar-refractivity contribution in [1.82, 2.24) is 0 Å². The predicted octanol–water partition coefficient (Wildman–Crippen LogP) is 0.803. The van der Waals surface area contributed by atoms with Gasteiger partial charge in [0.2, 0.25) is 0 Å². The summed E-state index contributed by atoms with van der Waals surface area (Å²) in [4.78, 5) is 21.8. The molecule has 0 aromatic carbocycles. The molecule has 0 aromatic rings. The molecule has 0 unspecified atom stereocenters. The first-order chi connectivity index (χ1) is 5.49. The Kier molecular flexibility index (Phi) is 2.08. The van der Waals surface area contributed by atoms with Gasteiger partial charge in [0.15, 0.2) is 5.41 Å². The number of carbonyl (C=O) groups is 2. The van der Waals surface area contributed by atoms with Gasteiger partial charge in [-0.15, -0.1) is 0 Å². The van der Waals surface area contributed by atoms with Gasteiger partial charge in [0, 0.05) is 0 Å². The standard InChI is InChI=1S/C8H12O4/c1-5(2)12-7(11)8(3-4-8)6(9)10/h5H,3-4H2,1-2H3,(H,9,10). The summed E-state index contributed by atoms with van der Waals surface area (Å²) >= 11 is 0. The lowest BCUT2D eigenvalue weighted by molar-refractivity contribution is -0.163. The Hall–Kier alpha value is -1.06. The second-order valence-electron chi connectivity index (χ2n) is 3.34. The van der Waals surface area contributed by atoms with Crippen molar-refractivity contribution in [2.45, 2.75) is 32.8 Å². The average molecular weight is 172 g/mol. The number of carbonyl (C=O) groups excluding carboxylic acids is 1. The fourth-order valence-corrected chi connectivity index (χ4v) is 0.957. The highest BCUT2D eigenvalue weighted by Gasteiger charge is 2.58. The van der Waals surface area contributed by atoms with Gasteiger partial charge in [0.05, 0.1) is 6.10 Å². The van der Waals surface area contributed by atoms with Crippen LogP contribution in [0.2, 0.25) is 0 Å². The molecule has 0 heterocycles. The summed E-state index contributed by atoms with van der Waals surface area (Å²) in [5.41, 5.74) is -1.20. The number of aliphatic carboxylic acids is 1. The Morgan fingerprint density at radius 2 is 1.92 bits per heavy atom. The molecule has 0 aliphatic heterocycles. The third kappa shape index (κ3) is 1.42. The Morgan fingerprint density at radius 1 is 1.42 bits per heavy atom. The van der Waals surface area contributed by atoms with Gasteiger partial charge < -0.3 is 9.84 Å². The lowest BCUT2D eigenvalue weighted by Gasteiger charge is -2.12. The predicted molar refractivity (Wildman–Crippen MR) is 40.5 cm³/mol. The molecule has 1 fully saturated rings. The summed E-state index contributed by atoms with van der Waals surface area (Å²) in [5.74, 6) is -1.65. The van der Waals surface area contributed by atoms with Crippen LogP contribution in [0.3, 0.4) is 0 Å². The fraction of sp³-hybridized carbons (Fsp3) is 0.750. The number of ether oxygens (including phenoxy) is 1. The van der Waals surface area contributed by atoms with Crippen molar-refractivity contribution in [3.8, 4) is 0 Å². The number of carboxylic acids is 1. The van der Waals surface area contributed by atoms with Crippen LogP contribution in [-0.4, -0.2) is 23.1 Å². The van der Waals surface area contributed by atoms with Crippen LogP contribution in [0.1, 0.15) is 26.7 Å². The molecule has 1 saturated carbocycles. The molecule has 1 N–H and O–H groups in total. The Morgan fingerprint density at radius 3 is 2.17 bits per heavy atom. The molecule has 1 rings (SSSR count). The zero-order chi connectivity index (χ0) is 9.35. The summed E-state index contributed by atoms with van der Waals surface area (Å²) in [6.07, 6.45) is 0.580. The van der Waals surface area contributed by atoms with E-state index in [2.05, 4.69) is 0 Å². The Labute approximate surface area is 70.5 Å². The maximum absolute atomic E-state index is 11.2. The van der Waals surface area contributed by atoms with E-state index >= 15 is 0 Å². The molecule has 1 aliphatic carbocycles. The van der Waals surface area contributed by atoms with Crippen molar-refractivity contribution in [3.63, 3.8) is 0 Å². The van der Waals surface area contributed by atoms with Crippen molar-refractivity contribution in [3.05, 3.63) is 0 Å². The van der Waals surface area contributed by atoms with Gasteiger partial charge in [-0.25, -0.2) is 0 Å². The molecular formula is C8H12O4. The fourth-order valence-electron chi connectivity index (χ4n) is 0.957. The normalized spacial score (nSPS) is 18.9. The van der Waals surface area contributed by atoms with Crippen LogP contribution in [0.15, 0.2) is 0 Å². The summed E-state index contributed by atoms with van der Waals surface area (Å²) in [6.45, 7) is 3.41. The van der Waals surface area contributed by atoms with E-state index in [-0.39, 0.29) is 6.10 Å². The Bertz CT molecular complexity index is 215. The average Bonchev–Trinajstić information content (AvgIpc) is 2.63. The zero-order valence-corrected chi connectivity index (χ0v) is 7.16. The van der Waals surface area contributed by atoms with E-state index in [0.717, 1.165) is 0 Å². The summed E-state index contributed by atoms with van der Waals surface area (Å²) in [7, 11) is 0. The Balaban J connectivity index is 2.58. The third-order valence-electron chi connectivity index (χ3n) is 1.89. The largest absolute Gasteiger partial charge is 0.480 e. The molecule has 0 spiro atoms. The van der Waals surface area contributed by atoms with Gasteiger partial charge in [-0.3, -0.25) is 9.59 Å². The first-order valence-electron chi connectivity index (χ1n) is 3.93. The maximum Gasteiger partial charge on any atom is 0.323 e. The zero-order valence-electron chi connectivity index (χ0n) is 7.16. The van der Waals surface area contributed by atoms with Crippen molar-refractivity contribution in [1.29, 1.82) is 0 Å². The molecule has 0 bridgehead atoms. The van der Waals surface area contributed by atoms with Crippen LogP contribution in [0.25, 0.3) is 0 Å². The molecule has 0 radical (unpaired) electrons. The monoisotopic (exact) mass is 172 g/mol. The van der Waals surface area contributed by atoms with E-state index in [1.807, 2.05) is 0 Å². The number of carboxylic acid groups (broad SMARTS) is 1. The molecular weight excluding hydrogens is 160 g/mol. The van der Waals surface area contributed by atoms with E-state index < -0.39 is 17.4 Å². The third-order valence-corrected chi connectivity index (χ3v) is 1.89. The van der Waals surface area contributed by atoms with E-state index in [0.29, 0.717) is 12.8 Å². The van der Waals surface area contributed by atoms with E-state index in [1.54, 1.807) is 13.8 Å². The summed E-state index contributed by atoms with van der Waals surface area (Å²) < 4.78 is 4.82. The number of esters is 1. The lowest BCUT2D eigenvalue weighted by Crippen LogP contribution is -2.29. The molecule has 4 nitrogen and oxygen atoms in total. The highest BCUT2D eigenvalue weighted by Crippen LogP contribution is 2.47. The van der Waals surface area contributed by atoms with Crippen molar-refractivity contribution in [2.24, 2.45) is 5.41 Å². The van der Waals surface area contributed by atoms with Gasteiger partial charge in [-0.2, -0.15) is 0 Å². The topological polar surface area (TPSA) is 63.6 Å². The summed E-state index contributed by atoms with van der Waals surface area (Å²) in [6, 6.07) is 0. The van der Waals surface area contributed by atoms with Crippen LogP contribution >= 0.6 is 0 Å². The molecule has 12 heavy (non-hydrogen) atoms. The number of rotatable bonds is 3. The molecule has 0 saturated heterocycles. The van der Waals surface area contributed by atoms with Crippen molar-refractivity contribution >= 4 is 11.9 Å². The quantitative estimate of drug-likeness (QED) is 0.505. The number of hydrogen-bond donors (Lipinski definition) is 1. The van der Waals surface area contributed by atoms with Crippen LogP contribution in [-0.2, 0) is 14.3 Å². The second kappa shape index (κ2) is 2.77. The van der Waals surface area contributed by atoms with Crippen molar-refractivity contribution < 1.29 is 19.4 Å². The first-order valence-corrected chi connectivity index (χ1v) is 3.93. The minimum atomic E-state index is -1.20. The molecule has 1 aliphatic rings.